The third-order valence-electron chi connectivity index (χ3n) is 8.59. The average Bonchev–Trinajstić information content (AvgIpc) is 3.14. The van der Waals surface area contributed by atoms with E-state index >= 15 is 0 Å². The molecule has 1 aromatic heterocycles. The number of rotatable bonds is 21. The monoisotopic (exact) mass is 675 g/mol. The van der Waals surface area contributed by atoms with Crippen LogP contribution < -0.4 is 23.7 Å². The molecular weight excluding hydrogens is 626 g/mol. The second-order valence-corrected chi connectivity index (χ2v) is 12.4. The zero-order chi connectivity index (χ0) is 35.0. The molecule has 5 rings (SSSR count). The first-order valence-corrected chi connectivity index (χ1v) is 17.9. The van der Waals surface area contributed by atoms with Crippen molar-refractivity contribution in [3.05, 3.63) is 103 Å². The van der Waals surface area contributed by atoms with Crippen LogP contribution in [0.25, 0.3) is 21.7 Å². The van der Waals surface area contributed by atoms with Crippen LogP contribution in [0.3, 0.4) is 0 Å². The molecule has 0 spiro atoms. The molecule has 4 aromatic carbocycles. The van der Waals surface area contributed by atoms with Crippen molar-refractivity contribution in [1.82, 2.24) is 4.98 Å². The summed E-state index contributed by atoms with van der Waals surface area (Å²) in [6.45, 7) is 7.37. The molecule has 5 aromatic rings. The molecule has 50 heavy (non-hydrogen) atoms. The number of hydrogen-bond acceptors (Lipinski definition) is 7. The molecule has 0 atom stereocenters. The van der Waals surface area contributed by atoms with Gasteiger partial charge in [0.05, 0.1) is 25.8 Å². The van der Waals surface area contributed by atoms with E-state index in [1.54, 1.807) is 7.11 Å². The fraction of sp³-hybridized carbons (Fsp3) is 0.349. The number of hydrogen-bond donors (Lipinski definition) is 0. The number of ether oxygens (including phenoxy) is 5. The number of esters is 1. The summed E-state index contributed by atoms with van der Waals surface area (Å²) in [7, 11) is 1.63. The van der Waals surface area contributed by atoms with E-state index in [0.717, 1.165) is 64.4 Å². The molecule has 0 bridgehead atoms. The third-order valence-corrected chi connectivity index (χ3v) is 8.59. The molecule has 1 heterocycles. The molecule has 0 aliphatic carbocycles. The molecule has 0 amide bonds. The summed E-state index contributed by atoms with van der Waals surface area (Å²) in [4.78, 5) is 17.8. The van der Waals surface area contributed by atoms with Gasteiger partial charge < -0.3 is 23.7 Å². The van der Waals surface area contributed by atoms with Gasteiger partial charge in [-0.1, -0.05) is 57.2 Å². The number of aryl methyl sites for hydroxylation is 1. The zero-order valence-electron chi connectivity index (χ0n) is 29.5. The van der Waals surface area contributed by atoms with Gasteiger partial charge in [0.2, 0.25) is 5.88 Å². The van der Waals surface area contributed by atoms with Crippen LogP contribution >= 0.6 is 0 Å². The van der Waals surface area contributed by atoms with Crippen LogP contribution in [-0.2, 0) is 11.2 Å². The van der Waals surface area contributed by atoms with E-state index in [9.17, 15) is 4.79 Å². The number of allylic oxidation sites excluding steroid dienone is 1. The van der Waals surface area contributed by atoms with Gasteiger partial charge >= 0.3 is 5.97 Å². The predicted octanol–water partition coefficient (Wildman–Crippen LogP) is 11.2. The third kappa shape index (κ3) is 10.7. The molecule has 0 unspecified atom stereocenters. The zero-order valence-corrected chi connectivity index (χ0v) is 29.5. The minimum atomic E-state index is -0.313. The van der Waals surface area contributed by atoms with Gasteiger partial charge in [-0.05, 0) is 110 Å². The van der Waals surface area contributed by atoms with Gasteiger partial charge in [0.15, 0.2) is 0 Å². The number of pyridine rings is 1. The summed E-state index contributed by atoms with van der Waals surface area (Å²) in [5.74, 6) is 3.50. The lowest BCUT2D eigenvalue weighted by atomic mass is 10.1. The van der Waals surface area contributed by atoms with Gasteiger partial charge in [0.1, 0.15) is 28.7 Å². The fourth-order valence-electron chi connectivity index (χ4n) is 5.75. The Morgan fingerprint density at radius 1 is 0.680 bits per heavy atom. The van der Waals surface area contributed by atoms with Crippen LogP contribution in [-0.4, -0.2) is 31.3 Å². The van der Waals surface area contributed by atoms with Crippen LogP contribution in [0, 0.1) is 0 Å². The number of benzene rings is 4. The van der Waals surface area contributed by atoms with E-state index in [4.69, 9.17) is 28.7 Å². The summed E-state index contributed by atoms with van der Waals surface area (Å²) < 4.78 is 29.4. The molecule has 7 heteroatoms. The Balaban J connectivity index is 1.22. The van der Waals surface area contributed by atoms with Crippen molar-refractivity contribution in [2.24, 2.45) is 0 Å². The number of carbonyl (C=O) groups is 1. The van der Waals surface area contributed by atoms with Gasteiger partial charge in [0, 0.05) is 23.3 Å². The lowest BCUT2D eigenvalue weighted by Gasteiger charge is -2.13. The molecule has 0 N–H and O–H groups in total. The number of unbranched alkanes of at least 4 members (excludes halogenated alkanes) is 7. The Kier molecular flexibility index (Phi) is 13.9. The summed E-state index contributed by atoms with van der Waals surface area (Å²) in [5, 5.41) is 2.60. The van der Waals surface area contributed by atoms with Crippen molar-refractivity contribution >= 4 is 27.6 Å². The molecular formula is C43H49NO6. The highest BCUT2D eigenvalue weighted by molar-refractivity contribution is 6.08. The van der Waals surface area contributed by atoms with E-state index in [0.29, 0.717) is 42.8 Å². The van der Waals surface area contributed by atoms with Crippen molar-refractivity contribution in [3.63, 3.8) is 0 Å². The van der Waals surface area contributed by atoms with Crippen LogP contribution in [0.1, 0.15) is 76.7 Å². The first kappa shape index (κ1) is 36.2. The van der Waals surface area contributed by atoms with Gasteiger partial charge in [-0.3, -0.25) is 4.79 Å². The fourth-order valence-corrected chi connectivity index (χ4v) is 5.75. The van der Waals surface area contributed by atoms with Crippen molar-refractivity contribution in [2.75, 3.05) is 20.3 Å². The smallest absolute Gasteiger partial charge is 0.311 e. The van der Waals surface area contributed by atoms with Crippen LogP contribution in [0.4, 0.5) is 0 Å². The van der Waals surface area contributed by atoms with Crippen molar-refractivity contribution in [1.29, 1.82) is 0 Å². The summed E-state index contributed by atoms with van der Waals surface area (Å²) >= 11 is 0. The van der Waals surface area contributed by atoms with Crippen LogP contribution in [0.15, 0.2) is 97.6 Å². The maximum atomic E-state index is 13.0. The van der Waals surface area contributed by atoms with Gasteiger partial charge in [-0.15, -0.1) is 6.58 Å². The van der Waals surface area contributed by atoms with E-state index in [-0.39, 0.29) is 12.4 Å². The van der Waals surface area contributed by atoms with E-state index < -0.39 is 0 Å². The molecule has 262 valence electrons. The molecule has 0 aliphatic heterocycles. The second-order valence-electron chi connectivity index (χ2n) is 12.4. The average molecular weight is 676 g/mol. The first-order valence-electron chi connectivity index (χ1n) is 17.9. The predicted molar refractivity (Wildman–Crippen MR) is 201 cm³/mol. The normalized spacial score (nSPS) is 11.0. The Hall–Kier alpha value is -5.04. The standard InChI is InChI=1S/C43H49NO6/c1-4-6-8-10-11-13-29-47-33-17-14-32(15-18-33)16-27-42(45)49-37-24-25-38-39-26-23-36(46-3)31-41(39)44-43(40(38)30-37)50-35-21-19-34(20-22-35)48-28-12-9-7-5-2/h4,14-15,17-26,30-31H,1,5-13,16,27-29H2,2-3H3. The Labute approximate surface area is 296 Å². The number of carbonyl (C=O) groups excluding carboxylic acids is 1. The van der Waals surface area contributed by atoms with E-state index in [2.05, 4.69) is 13.5 Å². The maximum absolute atomic E-state index is 13.0. The summed E-state index contributed by atoms with van der Waals surface area (Å²) in [6.07, 6.45) is 13.1. The maximum Gasteiger partial charge on any atom is 0.311 e. The second kappa shape index (κ2) is 19.2. The Bertz CT molecular complexity index is 1820. The largest absolute Gasteiger partial charge is 0.497 e. The Morgan fingerprint density at radius 2 is 1.30 bits per heavy atom. The molecule has 0 saturated heterocycles. The quantitative estimate of drug-likeness (QED) is 0.0252. The van der Waals surface area contributed by atoms with Crippen molar-refractivity contribution in [2.45, 2.75) is 77.6 Å². The van der Waals surface area contributed by atoms with Crippen LogP contribution in [0.5, 0.6) is 34.6 Å². The minimum Gasteiger partial charge on any atom is -0.497 e. The number of aromatic nitrogens is 1. The molecule has 0 radical (unpaired) electrons. The molecule has 0 aliphatic rings. The van der Waals surface area contributed by atoms with Gasteiger partial charge in [-0.2, -0.15) is 0 Å². The SMILES string of the molecule is C=CCCCCCCOc1ccc(CCC(=O)Oc2ccc3c(c2)c(Oc2ccc(OCCCCCC)cc2)nc2cc(OC)ccc23)cc1. The van der Waals surface area contributed by atoms with E-state index in [1.165, 1.54) is 32.1 Å². The van der Waals surface area contributed by atoms with Gasteiger partial charge in [0.25, 0.3) is 0 Å². The summed E-state index contributed by atoms with van der Waals surface area (Å²) in [6, 6.07) is 26.8. The van der Waals surface area contributed by atoms with Gasteiger partial charge in [-0.25, -0.2) is 4.98 Å². The summed E-state index contributed by atoms with van der Waals surface area (Å²) in [5.41, 5.74) is 1.78. The minimum absolute atomic E-state index is 0.245. The van der Waals surface area contributed by atoms with Crippen molar-refractivity contribution in [3.8, 4) is 34.6 Å². The van der Waals surface area contributed by atoms with Crippen molar-refractivity contribution < 1.29 is 28.5 Å². The molecule has 0 fully saturated rings. The number of methoxy groups -OCH3 is 1. The highest BCUT2D eigenvalue weighted by Gasteiger charge is 2.15. The molecule has 7 nitrogen and oxygen atoms in total. The molecule has 0 saturated carbocycles. The Morgan fingerprint density at radius 3 is 2.00 bits per heavy atom. The lowest BCUT2D eigenvalue weighted by Crippen LogP contribution is -2.09. The highest BCUT2D eigenvalue weighted by Crippen LogP contribution is 2.37. The van der Waals surface area contributed by atoms with E-state index in [1.807, 2.05) is 91.0 Å². The first-order chi connectivity index (χ1) is 24.6. The highest BCUT2D eigenvalue weighted by atomic mass is 16.5. The van der Waals surface area contributed by atoms with Crippen LogP contribution in [0.2, 0.25) is 0 Å². The number of fused-ring (bicyclic) bond motifs is 3. The lowest BCUT2D eigenvalue weighted by molar-refractivity contribution is -0.134. The topological polar surface area (TPSA) is 76.1 Å². The number of nitrogens with zero attached hydrogens (tertiary/aromatic N) is 1.